The minimum Gasteiger partial charge on any atom is -0.338 e. The van der Waals surface area contributed by atoms with Crippen molar-refractivity contribution in [3.63, 3.8) is 0 Å². The largest absolute Gasteiger partial charge is 0.338 e. The van der Waals surface area contributed by atoms with Gasteiger partial charge in [-0.05, 0) is 6.92 Å². The minimum absolute atomic E-state index is 0.0501. The highest BCUT2D eigenvalue weighted by molar-refractivity contribution is 7.91. The van der Waals surface area contributed by atoms with Crippen LogP contribution in [0.15, 0.2) is 0 Å². The molecule has 0 saturated carbocycles. The maximum Gasteiger partial charge on any atom is 0.256 e. The van der Waals surface area contributed by atoms with Gasteiger partial charge in [-0.15, -0.1) is 0 Å². The summed E-state index contributed by atoms with van der Waals surface area (Å²) in [5.74, 6) is -0.716. The molecule has 6 heteroatoms. The van der Waals surface area contributed by atoms with E-state index in [1.54, 1.807) is 0 Å². The molecular formula is C7H12FNO3S. The Morgan fingerprint density at radius 3 is 2.23 bits per heavy atom. The van der Waals surface area contributed by atoms with Gasteiger partial charge in [-0.2, -0.15) is 0 Å². The Morgan fingerprint density at radius 2 is 1.85 bits per heavy atom. The van der Waals surface area contributed by atoms with Gasteiger partial charge in [0.2, 0.25) is 0 Å². The van der Waals surface area contributed by atoms with Crippen LogP contribution in [0.5, 0.6) is 0 Å². The van der Waals surface area contributed by atoms with Crippen LogP contribution in [-0.2, 0) is 14.6 Å². The van der Waals surface area contributed by atoms with Gasteiger partial charge in [0.25, 0.3) is 5.91 Å². The lowest BCUT2D eigenvalue weighted by atomic mass is 10.3. The van der Waals surface area contributed by atoms with Crippen molar-refractivity contribution in [1.29, 1.82) is 0 Å². The molecule has 0 bridgehead atoms. The third-order valence-electron chi connectivity index (χ3n) is 2.00. The molecule has 0 aromatic heterocycles. The fourth-order valence-corrected chi connectivity index (χ4v) is 2.39. The Balaban J connectivity index is 2.55. The summed E-state index contributed by atoms with van der Waals surface area (Å²) in [6, 6.07) is 0. The first kappa shape index (κ1) is 10.4. The van der Waals surface area contributed by atoms with Crippen molar-refractivity contribution in [2.24, 2.45) is 0 Å². The summed E-state index contributed by atoms with van der Waals surface area (Å²) in [5.41, 5.74) is 0. The normalized spacial score (nSPS) is 24.0. The SMILES string of the molecule is CC(F)C(=O)N1CCS(=O)(=O)CC1. The second kappa shape index (κ2) is 3.61. The quantitative estimate of drug-likeness (QED) is 0.590. The van der Waals surface area contributed by atoms with Crippen LogP contribution in [0.2, 0.25) is 0 Å². The van der Waals surface area contributed by atoms with Gasteiger partial charge in [0.1, 0.15) is 0 Å². The molecule has 1 atom stereocenters. The number of hydrogen-bond donors (Lipinski definition) is 0. The summed E-state index contributed by atoms with van der Waals surface area (Å²) in [6.45, 7) is 1.40. The Morgan fingerprint density at radius 1 is 1.38 bits per heavy atom. The number of carbonyl (C=O) groups excluding carboxylic acids is 1. The molecule has 0 radical (unpaired) electrons. The fraction of sp³-hybridized carbons (Fsp3) is 0.857. The summed E-state index contributed by atoms with van der Waals surface area (Å²) in [5, 5.41) is 0. The number of halogens is 1. The smallest absolute Gasteiger partial charge is 0.256 e. The first-order chi connectivity index (χ1) is 5.92. The number of carbonyl (C=O) groups is 1. The van der Waals surface area contributed by atoms with E-state index in [2.05, 4.69) is 0 Å². The fourth-order valence-electron chi connectivity index (χ4n) is 1.18. The Labute approximate surface area is 76.6 Å². The van der Waals surface area contributed by atoms with E-state index in [1.807, 2.05) is 0 Å². The Bertz CT molecular complexity index is 285. The lowest BCUT2D eigenvalue weighted by molar-refractivity contribution is -0.135. The number of amides is 1. The summed E-state index contributed by atoms with van der Waals surface area (Å²) >= 11 is 0. The van der Waals surface area contributed by atoms with Crippen LogP contribution in [0.3, 0.4) is 0 Å². The lowest BCUT2D eigenvalue weighted by Crippen LogP contribution is -2.46. The van der Waals surface area contributed by atoms with Gasteiger partial charge in [0, 0.05) is 13.1 Å². The summed E-state index contributed by atoms with van der Waals surface area (Å²) in [6.07, 6.45) is -1.54. The van der Waals surface area contributed by atoms with E-state index in [-0.39, 0.29) is 24.6 Å². The molecule has 1 fully saturated rings. The molecular weight excluding hydrogens is 197 g/mol. The van der Waals surface area contributed by atoms with E-state index in [0.717, 1.165) is 6.92 Å². The van der Waals surface area contributed by atoms with Crippen LogP contribution < -0.4 is 0 Å². The predicted molar refractivity (Wildman–Crippen MR) is 45.8 cm³/mol. The molecule has 0 aliphatic carbocycles. The summed E-state index contributed by atoms with van der Waals surface area (Å²) in [7, 11) is -2.99. The summed E-state index contributed by atoms with van der Waals surface area (Å²) in [4.78, 5) is 12.3. The van der Waals surface area contributed by atoms with Crippen molar-refractivity contribution in [3.05, 3.63) is 0 Å². The molecule has 1 heterocycles. The van der Waals surface area contributed by atoms with Crippen molar-refractivity contribution in [2.45, 2.75) is 13.1 Å². The van der Waals surface area contributed by atoms with Gasteiger partial charge in [-0.25, -0.2) is 12.8 Å². The topological polar surface area (TPSA) is 54.5 Å². The molecule has 1 unspecified atom stereocenters. The zero-order valence-corrected chi connectivity index (χ0v) is 8.18. The highest BCUT2D eigenvalue weighted by Crippen LogP contribution is 2.06. The van der Waals surface area contributed by atoms with Crippen LogP contribution in [0, 0.1) is 0 Å². The van der Waals surface area contributed by atoms with Gasteiger partial charge in [-0.3, -0.25) is 4.79 Å². The maximum absolute atomic E-state index is 12.5. The highest BCUT2D eigenvalue weighted by atomic mass is 32.2. The maximum atomic E-state index is 12.5. The first-order valence-electron chi connectivity index (χ1n) is 4.06. The molecule has 1 rings (SSSR count). The van der Waals surface area contributed by atoms with Crippen molar-refractivity contribution in [1.82, 2.24) is 4.90 Å². The first-order valence-corrected chi connectivity index (χ1v) is 5.88. The number of rotatable bonds is 1. The molecule has 1 amide bonds. The van der Waals surface area contributed by atoms with Crippen molar-refractivity contribution in [2.75, 3.05) is 24.6 Å². The predicted octanol–water partition coefficient (Wildman–Crippen LogP) is -0.399. The average molecular weight is 209 g/mol. The van der Waals surface area contributed by atoms with E-state index >= 15 is 0 Å². The summed E-state index contributed by atoms with van der Waals surface area (Å²) < 4.78 is 34.4. The number of nitrogens with zero attached hydrogens (tertiary/aromatic N) is 1. The molecule has 1 saturated heterocycles. The molecule has 0 aromatic carbocycles. The molecule has 0 spiro atoms. The Kier molecular flexibility index (Phi) is 2.90. The van der Waals surface area contributed by atoms with E-state index in [1.165, 1.54) is 4.90 Å². The van der Waals surface area contributed by atoms with Crippen LogP contribution in [0.25, 0.3) is 0 Å². The van der Waals surface area contributed by atoms with Crippen LogP contribution in [-0.4, -0.2) is 50.0 Å². The zero-order valence-electron chi connectivity index (χ0n) is 7.36. The van der Waals surface area contributed by atoms with E-state index in [0.29, 0.717) is 0 Å². The lowest BCUT2D eigenvalue weighted by Gasteiger charge is -2.27. The molecule has 0 aromatic rings. The molecule has 13 heavy (non-hydrogen) atoms. The third-order valence-corrected chi connectivity index (χ3v) is 3.61. The van der Waals surface area contributed by atoms with E-state index < -0.39 is 21.9 Å². The van der Waals surface area contributed by atoms with E-state index in [4.69, 9.17) is 0 Å². The monoisotopic (exact) mass is 209 g/mol. The van der Waals surface area contributed by atoms with Crippen LogP contribution in [0.4, 0.5) is 4.39 Å². The minimum atomic E-state index is -2.99. The van der Waals surface area contributed by atoms with Gasteiger partial charge >= 0.3 is 0 Å². The molecule has 4 nitrogen and oxygen atoms in total. The standard InChI is InChI=1S/C7H12FNO3S/c1-6(8)7(10)9-2-4-13(11,12)5-3-9/h6H,2-5H2,1H3. The highest BCUT2D eigenvalue weighted by Gasteiger charge is 2.27. The van der Waals surface area contributed by atoms with E-state index in [9.17, 15) is 17.6 Å². The van der Waals surface area contributed by atoms with Crippen LogP contribution in [0.1, 0.15) is 6.92 Å². The Hall–Kier alpha value is -0.650. The second-order valence-corrected chi connectivity index (χ2v) is 5.40. The van der Waals surface area contributed by atoms with Crippen molar-refractivity contribution >= 4 is 15.7 Å². The van der Waals surface area contributed by atoms with Gasteiger partial charge in [0.05, 0.1) is 11.5 Å². The molecule has 76 valence electrons. The number of alkyl halides is 1. The number of hydrogen-bond acceptors (Lipinski definition) is 3. The van der Waals surface area contributed by atoms with Gasteiger partial charge in [-0.1, -0.05) is 0 Å². The average Bonchev–Trinajstić information content (AvgIpc) is 2.03. The number of sulfone groups is 1. The van der Waals surface area contributed by atoms with Crippen molar-refractivity contribution in [3.8, 4) is 0 Å². The zero-order chi connectivity index (χ0) is 10.1. The third kappa shape index (κ3) is 2.65. The van der Waals surface area contributed by atoms with Crippen LogP contribution >= 0.6 is 0 Å². The molecule has 0 N–H and O–H groups in total. The molecule has 1 aliphatic heterocycles. The van der Waals surface area contributed by atoms with Crippen molar-refractivity contribution < 1.29 is 17.6 Å². The van der Waals surface area contributed by atoms with Gasteiger partial charge < -0.3 is 4.90 Å². The van der Waals surface area contributed by atoms with Gasteiger partial charge in [0.15, 0.2) is 16.0 Å². The molecule has 1 aliphatic rings. The second-order valence-electron chi connectivity index (χ2n) is 3.09.